The second-order valence-corrected chi connectivity index (χ2v) is 9.67. The van der Waals surface area contributed by atoms with E-state index in [0.29, 0.717) is 18.4 Å². The molecule has 10 nitrogen and oxygen atoms in total. The first-order chi connectivity index (χ1) is 17.0. The molecule has 3 aromatic rings. The molecule has 2 aliphatic heterocycles. The Labute approximate surface area is 206 Å². The number of methoxy groups -OCH3 is 1. The summed E-state index contributed by atoms with van der Waals surface area (Å²) in [5.41, 5.74) is 3.07. The number of ether oxygens (including phenoxy) is 1. The van der Waals surface area contributed by atoms with Crippen LogP contribution in [0.5, 0.6) is 5.75 Å². The van der Waals surface area contributed by atoms with Crippen LogP contribution in [0.3, 0.4) is 0 Å². The molecule has 1 saturated heterocycles. The van der Waals surface area contributed by atoms with E-state index in [2.05, 4.69) is 69.4 Å². The Hall–Kier alpha value is -3.53. The van der Waals surface area contributed by atoms with Crippen molar-refractivity contribution in [3.8, 4) is 5.75 Å². The normalized spacial score (nSPS) is 16.1. The fourth-order valence-corrected chi connectivity index (χ4v) is 4.37. The topological polar surface area (TPSA) is 79.5 Å². The van der Waals surface area contributed by atoms with Crippen LogP contribution in [0, 0.1) is 5.92 Å². The average Bonchev–Trinajstić information content (AvgIpc) is 3.49. The number of anilines is 4. The zero-order valence-corrected chi connectivity index (χ0v) is 21.1. The number of aromatic nitrogens is 5. The molecule has 2 aromatic heterocycles. The van der Waals surface area contributed by atoms with Crippen LogP contribution >= 0.6 is 0 Å². The van der Waals surface area contributed by atoms with Gasteiger partial charge in [0.2, 0.25) is 5.95 Å². The Bertz CT molecular complexity index is 1170. The van der Waals surface area contributed by atoms with E-state index >= 15 is 0 Å². The monoisotopic (exact) mass is 477 g/mol. The van der Waals surface area contributed by atoms with Crippen LogP contribution in [0.15, 0.2) is 36.8 Å². The highest BCUT2D eigenvalue weighted by Gasteiger charge is 2.20. The third-order valence-corrected chi connectivity index (χ3v) is 6.57. The van der Waals surface area contributed by atoms with Crippen LogP contribution in [0.2, 0.25) is 0 Å². The van der Waals surface area contributed by atoms with Gasteiger partial charge in [-0.2, -0.15) is 10.1 Å². The van der Waals surface area contributed by atoms with Gasteiger partial charge in [-0.1, -0.05) is 13.8 Å². The number of nitrogens with zero attached hydrogens (tertiary/aromatic N) is 8. The minimum Gasteiger partial charge on any atom is -0.495 e. The van der Waals surface area contributed by atoms with Gasteiger partial charge in [0.1, 0.15) is 5.75 Å². The van der Waals surface area contributed by atoms with Gasteiger partial charge in [-0.05, 0) is 31.5 Å². The summed E-state index contributed by atoms with van der Waals surface area (Å²) in [4.78, 5) is 11.6. The van der Waals surface area contributed by atoms with Crippen molar-refractivity contribution in [3.63, 3.8) is 0 Å². The predicted molar refractivity (Wildman–Crippen MR) is 139 cm³/mol. The van der Waals surface area contributed by atoms with E-state index in [0.717, 1.165) is 67.8 Å². The van der Waals surface area contributed by atoms with Crippen molar-refractivity contribution in [1.29, 1.82) is 0 Å². The Morgan fingerprint density at radius 1 is 1.11 bits per heavy atom. The van der Waals surface area contributed by atoms with Gasteiger partial charge in [-0.3, -0.25) is 4.68 Å². The van der Waals surface area contributed by atoms with E-state index in [1.54, 1.807) is 7.11 Å². The minimum atomic E-state index is 0.563. The van der Waals surface area contributed by atoms with E-state index in [4.69, 9.17) is 9.72 Å². The van der Waals surface area contributed by atoms with Gasteiger partial charge >= 0.3 is 0 Å². The van der Waals surface area contributed by atoms with Crippen LogP contribution in [-0.2, 0) is 13.1 Å². The number of likely N-dealkylation sites (N-methyl/N-ethyl adjacent to an activating group) is 1. The number of fused-ring (bicyclic) bond motifs is 1. The van der Waals surface area contributed by atoms with Crippen molar-refractivity contribution in [3.05, 3.63) is 42.6 Å². The van der Waals surface area contributed by atoms with Crippen molar-refractivity contribution >= 4 is 29.2 Å². The van der Waals surface area contributed by atoms with Gasteiger partial charge in [0.15, 0.2) is 5.82 Å². The van der Waals surface area contributed by atoms with Gasteiger partial charge in [-0.15, -0.1) is 5.10 Å². The molecule has 0 bridgehead atoms. The first-order valence-electron chi connectivity index (χ1n) is 12.3. The summed E-state index contributed by atoms with van der Waals surface area (Å²) < 4.78 is 9.54. The zero-order valence-electron chi connectivity index (χ0n) is 21.1. The molecular formula is C25H35N9O. The van der Waals surface area contributed by atoms with Crippen LogP contribution in [0.1, 0.15) is 26.1 Å². The quantitative estimate of drug-likeness (QED) is 0.528. The SMILES string of the molecule is COc1cc(Nc2nc3n(n2)C=CN(c2cnn(CCC(C)C)c2)C3)ccc1N1CCN(C)CC1. The maximum absolute atomic E-state index is 5.71. The molecule has 0 saturated carbocycles. The Kier molecular flexibility index (Phi) is 6.63. The van der Waals surface area contributed by atoms with Gasteiger partial charge in [-0.25, -0.2) is 4.68 Å². The smallest absolute Gasteiger partial charge is 0.247 e. The number of rotatable bonds is 8. The molecular weight excluding hydrogens is 442 g/mol. The molecule has 0 unspecified atom stereocenters. The molecule has 2 aliphatic rings. The lowest BCUT2D eigenvalue weighted by atomic mass is 10.1. The van der Waals surface area contributed by atoms with Crippen molar-refractivity contribution in [2.24, 2.45) is 5.92 Å². The Balaban J connectivity index is 1.25. The molecule has 35 heavy (non-hydrogen) atoms. The Morgan fingerprint density at radius 2 is 1.94 bits per heavy atom. The van der Waals surface area contributed by atoms with Crippen LogP contribution < -0.4 is 19.9 Å². The zero-order chi connectivity index (χ0) is 24.4. The lowest BCUT2D eigenvalue weighted by Crippen LogP contribution is -2.44. The van der Waals surface area contributed by atoms with E-state index in [9.17, 15) is 0 Å². The largest absolute Gasteiger partial charge is 0.495 e. The highest BCUT2D eigenvalue weighted by molar-refractivity contribution is 5.67. The van der Waals surface area contributed by atoms with Crippen LogP contribution in [0.25, 0.3) is 6.20 Å². The summed E-state index contributed by atoms with van der Waals surface area (Å²) in [5.74, 6) is 2.94. The van der Waals surface area contributed by atoms with Gasteiger partial charge < -0.3 is 24.8 Å². The number of piperazine rings is 1. The maximum atomic E-state index is 5.71. The maximum Gasteiger partial charge on any atom is 0.247 e. The summed E-state index contributed by atoms with van der Waals surface area (Å²) in [5, 5.41) is 12.5. The summed E-state index contributed by atoms with van der Waals surface area (Å²) in [6, 6.07) is 6.19. The first kappa shape index (κ1) is 23.2. The molecule has 0 amide bonds. The number of nitrogens with one attached hydrogen (secondary N) is 1. The highest BCUT2D eigenvalue weighted by Crippen LogP contribution is 2.33. The number of benzene rings is 1. The molecule has 0 radical (unpaired) electrons. The first-order valence-corrected chi connectivity index (χ1v) is 12.3. The van der Waals surface area contributed by atoms with Gasteiger partial charge in [0.25, 0.3) is 0 Å². The second-order valence-electron chi connectivity index (χ2n) is 9.67. The Morgan fingerprint density at radius 3 is 2.71 bits per heavy atom. The molecule has 10 heteroatoms. The average molecular weight is 478 g/mol. The minimum absolute atomic E-state index is 0.563. The van der Waals surface area contributed by atoms with Crippen LogP contribution in [0.4, 0.5) is 23.0 Å². The third kappa shape index (κ3) is 5.27. The third-order valence-electron chi connectivity index (χ3n) is 6.57. The van der Waals surface area contributed by atoms with E-state index in [-0.39, 0.29) is 0 Å². The van der Waals surface area contributed by atoms with Crippen molar-refractivity contribution in [2.45, 2.75) is 33.4 Å². The van der Waals surface area contributed by atoms with Crippen LogP contribution in [-0.4, -0.2) is 69.8 Å². The van der Waals surface area contributed by atoms with Gasteiger partial charge in [0, 0.05) is 63.1 Å². The van der Waals surface area contributed by atoms with E-state index < -0.39 is 0 Å². The molecule has 0 spiro atoms. The molecule has 1 N–H and O–H groups in total. The van der Waals surface area contributed by atoms with Crippen molar-refractivity contribution in [2.75, 3.05) is 55.5 Å². The van der Waals surface area contributed by atoms with E-state index in [1.165, 1.54) is 0 Å². The predicted octanol–water partition coefficient (Wildman–Crippen LogP) is 3.47. The van der Waals surface area contributed by atoms with Crippen molar-refractivity contribution < 1.29 is 4.74 Å². The molecule has 1 aromatic carbocycles. The number of hydrogen-bond acceptors (Lipinski definition) is 8. The second kappa shape index (κ2) is 9.99. The molecule has 5 rings (SSSR count). The van der Waals surface area contributed by atoms with Gasteiger partial charge in [0.05, 0.1) is 31.2 Å². The molecule has 186 valence electrons. The summed E-state index contributed by atoms with van der Waals surface area (Å²) in [6.45, 7) is 10.1. The highest BCUT2D eigenvalue weighted by atomic mass is 16.5. The summed E-state index contributed by atoms with van der Waals surface area (Å²) in [6.07, 6.45) is 9.06. The summed E-state index contributed by atoms with van der Waals surface area (Å²) in [7, 11) is 3.88. The van der Waals surface area contributed by atoms with E-state index in [1.807, 2.05) is 34.0 Å². The summed E-state index contributed by atoms with van der Waals surface area (Å²) >= 11 is 0. The lowest BCUT2D eigenvalue weighted by molar-refractivity contribution is 0.311. The molecule has 0 aliphatic carbocycles. The number of aryl methyl sites for hydroxylation is 1. The fraction of sp³-hybridized carbons (Fsp3) is 0.480. The molecule has 0 atom stereocenters. The fourth-order valence-electron chi connectivity index (χ4n) is 4.37. The number of hydrogen-bond donors (Lipinski definition) is 1. The molecule has 4 heterocycles. The van der Waals surface area contributed by atoms with Crippen molar-refractivity contribution in [1.82, 2.24) is 29.4 Å². The molecule has 1 fully saturated rings. The lowest BCUT2D eigenvalue weighted by Gasteiger charge is -2.34. The standard InChI is InChI=1S/C25H35N9O/c1-19(2)7-8-33-17-21(16-26-33)32-13-14-34-24(18-32)28-25(29-34)27-20-5-6-22(23(15-20)35-4)31-11-9-30(3)10-12-31/h5-6,13-17,19H,7-12,18H2,1-4H3,(H,27,29).